The predicted octanol–water partition coefficient (Wildman–Crippen LogP) is 4.42. The number of carbonyl (C=O) groups excluding carboxylic acids is 1. The summed E-state index contributed by atoms with van der Waals surface area (Å²) < 4.78 is 11.2. The normalized spacial score (nSPS) is 11.7. The van der Waals surface area contributed by atoms with Gasteiger partial charge in [0.15, 0.2) is 11.5 Å². The Morgan fingerprint density at radius 1 is 1.00 bits per heavy atom. The minimum atomic E-state index is -0.107. The van der Waals surface area contributed by atoms with Crippen molar-refractivity contribution in [2.24, 2.45) is 0 Å². The lowest BCUT2D eigenvalue weighted by molar-refractivity contribution is -0.120. The molecule has 2 aromatic rings. The molecule has 0 aliphatic rings. The summed E-state index contributed by atoms with van der Waals surface area (Å²) in [4.78, 5) is 12.3. The first-order valence-electron chi connectivity index (χ1n) is 8.95. The van der Waals surface area contributed by atoms with Crippen molar-refractivity contribution in [2.75, 3.05) is 13.2 Å². The molecule has 2 rings (SSSR count). The Bertz CT molecular complexity index is 691. The summed E-state index contributed by atoms with van der Waals surface area (Å²) in [5.41, 5.74) is 2.22. The number of hydrogen-bond donors (Lipinski definition) is 1. The summed E-state index contributed by atoms with van der Waals surface area (Å²) in [6, 6.07) is 16.0. The first kappa shape index (κ1) is 20.2. The van der Waals surface area contributed by atoms with Crippen LogP contribution < -0.4 is 14.8 Å². The van der Waals surface area contributed by atoms with Crippen molar-refractivity contribution in [3.05, 3.63) is 59.7 Å². The van der Waals surface area contributed by atoms with Crippen LogP contribution in [0.5, 0.6) is 11.5 Å². The van der Waals surface area contributed by atoms with Gasteiger partial charge in [0.2, 0.25) is 5.91 Å². The van der Waals surface area contributed by atoms with E-state index in [-0.39, 0.29) is 11.2 Å². The van der Waals surface area contributed by atoms with Gasteiger partial charge in [0.25, 0.3) is 0 Å². The van der Waals surface area contributed by atoms with Gasteiger partial charge in [-0.25, -0.2) is 0 Å². The SMILES string of the molecule is CCOc1ccc(CNC(=O)[C@@H](C)SCc2ccccc2)cc1OCC. The molecule has 0 fully saturated rings. The molecule has 0 saturated carbocycles. The summed E-state index contributed by atoms with van der Waals surface area (Å²) >= 11 is 1.64. The van der Waals surface area contributed by atoms with Crippen LogP contribution >= 0.6 is 11.8 Å². The third kappa shape index (κ3) is 6.30. The third-order valence-corrected chi connectivity index (χ3v) is 5.00. The van der Waals surface area contributed by atoms with E-state index >= 15 is 0 Å². The molecule has 0 spiro atoms. The number of carbonyl (C=O) groups is 1. The Labute approximate surface area is 160 Å². The van der Waals surface area contributed by atoms with Gasteiger partial charge in [-0.2, -0.15) is 0 Å². The van der Waals surface area contributed by atoms with Gasteiger partial charge >= 0.3 is 0 Å². The maximum Gasteiger partial charge on any atom is 0.233 e. The topological polar surface area (TPSA) is 47.6 Å². The molecule has 2 aromatic carbocycles. The van der Waals surface area contributed by atoms with Crippen LogP contribution in [-0.2, 0) is 17.1 Å². The van der Waals surface area contributed by atoms with Crippen molar-refractivity contribution in [2.45, 2.75) is 38.3 Å². The summed E-state index contributed by atoms with van der Waals surface area (Å²) in [6.45, 7) is 7.46. The zero-order chi connectivity index (χ0) is 18.8. The number of hydrogen-bond acceptors (Lipinski definition) is 4. The molecule has 0 saturated heterocycles. The molecule has 0 unspecified atom stereocenters. The fourth-order valence-electron chi connectivity index (χ4n) is 2.41. The lowest BCUT2D eigenvalue weighted by Crippen LogP contribution is -2.30. The summed E-state index contributed by atoms with van der Waals surface area (Å²) in [5, 5.41) is 2.89. The number of benzene rings is 2. The van der Waals surface area contributed by atoms with E-state index in [4.69, 9.17) is 9.47 Å². The quantitative estimate of drug-likeness (QED) is 0.670. The molecular formula is C21H27NO3S. The number of amides is 1. The molecule has 140 valence electrons. The summed E-state index contributed by atoms with van der Waals surface area (Å²) in [7, 11) is 0. The van der Waals surface area contributed by atoms with Crippen LogP contribution in [0.2, 0.25) is 0 Å². The Balaban J connectivity index is 1.86. The van der Waals surface area contributed by atoms with E-state index in [1.54, 1.807) is 11.8 Å². The Morgan fingerprint density at radius 2 is 1.69 bits per heavy atom. The van der Waals surface area contributed by atoms with Crippen LogP contribution in [0.3, 0.4) is 0 Å². The van der Waals surface area contributed by atoms with Crippen LogP contribution in [0, 0.1) is 0 Å². The zero-order valence-corrected chi connectivity index (χ0v) is 16.5. The van der Waals surface area contributed by atoms with E-state index in [0.29, 0.717) is 25.5 Å². The first-order valence-corrected chi connectivity index (χ1v) is 10.0. The van der Waals surface area contributed by atoms with Crippen molar-refractivity contribution < 1.29 is 14.3 Å². The van der Waals surface area contributed by atoms with Gasteiger partial charge in [-0.05, 0) is 44.0 Å². The minimum absolute atomic E-state index is 0.0396. The second kappa shape index (κ2) is 10.8. The summed E-state index contributed by atoms with van der Waals surface area (Å²) in [6.07, 6.45) is 0. The number of rotatable bonds is 10. The minimum Gasteiger partial charge on any atom is -0.490 e. The highest BCUT2D eigenvalue weighted by Crippen LogP contribution is 2.28. The predicted molar refractivity (Wildman–Crippen MR) is 108 cm³/mol. The fourth-order valence-corrected chi connectivity index (χ4v) is 3.28. The van der Waals surface area contributed by atoms with Crippen molar-refractivity contribution in [3.63, 3.8) is 0 Å². The number of ether oxygens (including phenoxy) is 2. The summed E-state index contributed by atoms with van der Waals surface area (Å²) in [5.74, 6) is 2.31. The van der Waals surface area contributed by atoms with Gasteiger partial charge in [0.1, 0.15) is 0 Å². The van der Waals surface area contributed by atoms with Crippen molar-refractivity contribution in [3.8, 4) is 11.5 Å². The number of nitrogens with one attached hydrogen (secondary N) is 1. The fraction of sp³-hybridized carbons (Fsp3) is 0.381. The maximum absolute atomic E-state index is 12.3. The van der Waals surface area contributed by atoms with Crippen LogP contribution in [0.4, 0.5) is 0 Å². The average molecular weight is 374 g/mol. The molecule has 1 amide bonds. The Kier molecular flexibility index (Phi) is 8.35. The lowest BCUT2D eigenvalue weighted by Gasteiger charge is -2.14. The second-order valence-corrected chi connectivity index (χ2v) is 7.13. The van der Waals surface area contributed by atoms with Crippen LogP contribution in [0.15, 0.2) is 48.5 Å². The van der Waals surface area contributed by atoms with Crippen molar-refractivity contribution in [1.29, 1.82) is 0 Å². The van der Waals surface area contributed by atoms with E-state index in [1.807, 2.05) is 57.2 Å². The van der Waals surface area contributed by atoms with Gasteiger partial charge in [0, 0.05) is 12.3 Å². The van der Waals surface area contributed by atoms with Crippen LogP contribution in [0.1, 0.15) is 31.9 Å². The van der Waals surface area contributed by atoms with Gasteiger partial charge in [-0.15, -0.1) is 11.8 Å². The molecule has 4 nitrogen and oxygen atoms in total. The van der Waals surface area contributed by atoms with Crippen molar-refractivity contribution >= 4 is 17.7 Å². The molecule has 0 aliphatic carbocycles. The molecule has 0 heterocycles. The Hall–Kier alpha value is -2.14. The van der Waals surface area contributed by atoms with E-state index in [2.05, 4.69) is 17.4 Å². The van der Waals surface area contributed by atoms with Gasteiger partial charge in [0.05, 0.1) is 18.5 Å². The highest BCUT2D eigenvalue weighted by molar-refractivity contribution is 7.99. The molecular weight excluding hydrogens is 346 g/mol. The molecule has 26 heavy (non-hydrogen) atoms. The van der Waals surface area contributed by atoms with E-state index < -0.39 is 0 Å². The van der Waals surface area contributed by atoms with Gasteiger partial charge in [-0.3, -0.25) is 4.79 Å². The van der Waals surface area contributed by atoms with Crippen LogP contribution in [0.25, 0.3) is 0 Å². The lowest BCUT2D eigenvalue weighted by atomic mass is 10.2. The first-order chi connectivity index (χ1) is 12.6. The molecule has 0 aromatic heterocycles. The molecule has 1 atom stereocenters. The zero-order valence-electron chi connectivity index (χ0n) is 15.7. The van der Waals surface area contributed by atoms with E-state index in [0.717, 1.165) is 17.1 Å². The van der Waals surface area contributed by atoms with Crippen LogP contribution in [-0.4, -0.2) is 24.4 Å². The third-order valence-electron chi connectivity index (χ3n) is 3.79. The van der Waals surface area contributed by atoms with Gasteiger partial charge < -0.3 is 14.8 Å². The highest BCUT2D eigenvalue weighted by atomic mass is 32.2. The molecule has 0 bridgehead atoms. The molecule has 1 N–H and O–H groups in total. The standard InChI is InChI=1S/C21H27NO3S/c1-4-24-19-12-11-18(13-20(19)25-5-2)14-22-21(23)16(3)26-15-17-9-7-6-8-10-17/h6-13,16H,4-5,14-15H2,1-3H3,(H,22,23)/t16-/m1/s1. The van der Waals surface area contributed by atoms with E-state index in [1.165, 1.54) is 5.56 Å². The molecule has 0 radical (unpaired) electrons. The monoisotopic (exact) mass is 373 g/mol. The Morgan fingerprint density at radius 3 is 2.38 bits per heavy atom. The highest BCUT2D eigenvalue weighted by Gasteiger charge is 2.14. The van der Waals surface area contributed by atoms with E-state index in [9.17, 15) is 4.79 Å². The maximum atomic E-state index is 12.3. The largest absolute Gasteiger partial charge is 0.490 e. The average Bonchev–Trinajstić information content (AvgIpc) is 2.67. The van der Waals surface area contributed by atoms with Gasteiger partial charge in [-0.1, -0.05) is 36.4 Å². The number of thioether (sulfide) groups is 1. The molecule has 0 aliphatic heterocycles. The smallest absolute Gasteiger partial charge is 0.233 e. The van der Waals surface area contributed by atoms with Crippen molar-refractivity contribution in [1.82, 2.24) is 5.32 Å². The second-order valence-electron chi connectivity index (χ2n) is 5.80. The molecule has 5 heteroatoms.